The van der Waals surface area contributed by atoms with Crippen molar-refractivity contribution in [2.24, 2.45) is 5.41 Å². The van der Waals surface area contributed by atoms with Gasteiger partial charge in [-0.1, -0.05) is 0 Å². The van der Waals surface area contributed by atoms with Crippen molar-refractivity contribution < 1.29 is 13.2 Å². The van der Waals surface area contributed by atoms with E-state index in [9.17, 15) is 8.42 Å². The summed E-state index contributed by atoms with van der Waals surface area (Å²) in [6.07, 6.45) is 10.2. The van der Waals surface area contributed by atoms with Gasteiger partial charge >= 0.3 is 0 Å². The van der Waals surface area contributed by atoms with Crippen LogP contribution in [0.1, 0.15) is 24.8 Å². The van der Waals surface area contributed by atoms with Crippen molar-refractivity contribution in [3.8, 4) is 0 Å². The van der Waals surface area contributed by atoms with Crippen LogP contribution in [0.5, 0.6) is 0 Å². The summed E-state index contributed by atoms with van der Waals surface area (Å²) < 4.78 is 30.8. The van der Waals surface area contributed by atoms with Crippen molar-refractivity contribution in [1.29, 1.82) is 0 Å². The molecule has 2 saturated heterocycles. The zero-order chi connectivity index (χ0) is 14.9. The minimum Gasteiger partial charge on any atom is -0.377 e. The highest BCUT2D eigenvalue weighted by molar-refractivity contribution is 7.88. The van der Waals surface area contributed by atoms with Crippen LogP contribution < -0.4 is 0 Å². The van der Waals surface area contributed by atoms with Gasteiger partial charge in [0.1, 0.15) is 6.33 Å². The fourth-order valence-corrected chi connectivity index (χ4v) is 4.35. The third-order valence-electron chi connectivity index (χ3n) is 4.82. The molecule has 21 heavy (non-hydrogen) atoms. The molecule has 2 aliphatic rings. The second-order valence-electron chi connectivity index (χ2n) is 6.08. The lowest BCUT2D eigenvalue weighted by molar-refractivity contribution is 0.0221. The van der Waals surface area contributed by atoms with Gasteiger partial charge in [-0.25, -0.2) is 22.7 Å². The maximum absolute atomic E-state index is 11.6. The normalized spacial score (nSPS) is 26.2. The lowest BCUT2D eigenvalue weighted by Crippen LogP contribution is -2.46. The standard InChI is InChI=1S/C14H21N3O3S/c1-21(18,19)17-5-2-14(3-6-17)4-7-20-13(14)8-12-9-15-11-16-10-12/h9-11,13H,2-8H2,1H3. The first kappa shape index (κ1) is 14.9. The summed E-state index contributed by atoms with van der Waals surface area (Å²) in [5.74, 6) is 0. The smallest absolute Gasteiger partial charge is 0.211 e. The summed E-state index contributed by atoms with van der Waals surface area (Å²) in [6, 6.07) is 0. The first-order chi connectivity index (χ1) is 10.00. The Kier molecular flexibility index (Phi) is 3.98. The molecule has 0 bridgehead atoms. The maximum atomic E-state index is 11.6. The van der Waals surface area contributed by atoms with Gasteiger partial charge in [0.05, 0.1) is 12.4 Å². The van der Waals surface area contributed by atoms with Gasteiger partial charge in [0.15, 0.2) is 0 Å². The van der Waals surface area contributed by atoms with E-state index in [0.29, 0.717) is 13.1 Å². The highest BCUT2D eigenvalue weighted by Gasteiger charge is 2.46. The van der Waals surface area contributed by atoms with Crippen LogP contribution >= 0.6 is 0 Å². The topological polar surface area (TPSA) is 72.4 Å². The molecule has 1 aromatic heterocycles. The summed E-state index contributed by atoms with van der Waals surface area (Å²) in [7, 11) is -3.08. The molecule has 3 rings (SSSR count). The molecule has 116 valence electrons. The fourth-order valence-electron chi connectivity index (χ4n) is 3.50. The highest BCUT2D eigenvalue weighted by atomic mass is 32.2. The minimum absolute atomic E-state index is 0.108. The first-order valence-corrected chi connectivity index (χ1v) is 9.15. The molecule has 1 unspecified atom stereocenters. The molecule has 6 nitrogen and oxygen atoms in total. The summed E-state index contributed by atoms with van der Waals surface area (Å²) in [5, 5.41) is 0. The van der Waals surface area contributed by atoms with Crippen LogP contribution in [0.4, 0.5) is 0 Å². The molecule has 7 heteroatoms. The fraction of sp³-hybridized carbons (Fsp3) is 0.714. The van der Waals surface area contributed by atoms with E-state index in [0.717, 1.165) is 37.9 Å². The second kappa shape index (κ2) is 5.62. The van der Waals surface area contributed by atoms with E-state index in [1.54, 1.807) is 4.31 Å². The number of ether oxygens (including phenoxy) is 1. The number of rotatable bonds is 3. The second-order valence-corrected chi connectivity index (χ2v) is 8.07. The van der Waals surface area contributed by atoms with Crippen molar-refractivity contribution in [3.05, 3.63) is 24.3 Å². The van der Waals surface area contributed by atoms with Gasteiger partial charge in [0, 0.05) is 43.9 Å². The molecule has 2 aliphatic heterocycles. The average Bonchev–Trinajstić information content (AvgIpc) is 2.82. The first-order valence-electron chi connectivity index (χ1n) is 7.30. The molecule has 0 saturated carbocycles. The predicted molar refractivity (Wildman–Crippen MR) is 78.2 cm³/mol. The Morgan fingerprint density at radius 2 is 1.95 bits per heavy atom. The highest BCUT2D eigenvalue weighted by Crippen LogP contribution is 2.45. The van der Waals surface area contributed by atoms with Gasteiger partial charge < -0.3 is 4.74 Å². The quantitative estimate of drug-likeness (QED) is 0.827. The van der Waals surface area contributed by atoms with Crippen LogP contribution in [0.25, 0.3) is 0 Å². The average molecular weight is 311 g/mol. The lowest BCUT2D eigenvalue weighted by atomic mass is 9.72. The number of hydrogen-bond acceptors (Lipinski definition) is 5. The Morgan fingerprint density at radius 1 is 1.29 bits per heavy atom. The molecule has 1 atom stereocenters. The molecule has 2 fully saturated rings. The Labute approximate surface area is 125 Å². The predicted octanol–water partition coefficient (Wildman–Crippen LogP) is 0.850. The van der Waals surface area contributed by atoms with Gasteiger partial charge in [0.2, 0.25) is 10.0 Å². The molecule has 3 heterocycles. The van der Waals surface area contributed by atoms with Crippen molar-refractivity contribution in [1.82, 2.24) is 14.3 Å². The third-order valence-corrected chi connectivity index (χ3v) is 6.13. The minimum atomic E-state index is -3.08. The molecular weight excluding hydrogens is 290 g/mol. The van der Waals surface area contributed by atoms with E-state index in [4.69, 9.17) is 4.74 Å². The lowest BCUT2D eigenvalue weighted by Gasteiger charge is -2.41. The van der Waals surface area contributed by atoms with E-state index in [1.807, 2.05) is 12.4 Å². The monoisotopic (exact) mass is 311 g/mol. The summed E-state index contributed by atoms with van der Waals surface area (Å²) in [5.41, 5.74) is 1.19. The molecule has 0 amide bonds. The number of aromatic nitrogens is 2. The zero-order valence-electron chi connectivity index (χ0n) is 12.2. The van der Waals surface area contributed by atoms with Crippen LogP contribution in [0.3, 0.4) is 0 Å². The molecule has 1 spiro atoms. The Balaban J connectivity index is 1.70. The molecule has 0 N–H and O–H groups in total. The van der Waals surface area contributed by atoms with E-state index in [1.165, 1.54) is 12.6 Å². The van der Waals surface area contributed by atoms with Crippen LogP contribution in [0.2, 0.25) is 0 Å². The van der Waals surface area contributed by atoms with E-state index in [-0.39, 0.29) is 11.5 Å². The van der Waals surface area contributed by atoms with E-state index >= 15 is 0 Å². The van der Waals surface area contributed by atoms with Crippen molar-refractivity contribution in [2.45, 2.75) is 31.8 Å². The number of nitrogens with zero attached hydrogens (tertiary/aromatic N) is 3. The van der Waals surface area contributed by atoms with E-state index < -0.39 is 10.0 Å². The third kappa shape index (κ3) is 3.09. The van der Waals surface area contributed by atoms with Crippen molar-refractivity contribution in [2.75, 3.05) is 26.0 Å². The van der Waals surface area contributed by atoms with Gasteiger partial charge in [-0.15, -0.1) is 0 Å². The summed E-state index contributed by atoms with van der Waals surface area (Å²) in [6.45, 7) is 1.96. The van der Waals surface area contributed by atoms with Crippen LogP contribution in [-0.4, -0.2) is 54.7 Å². The summed E-state index contributed by atoms with van der Waals surface area (Å²) >= 11 is 0. The Bertz CT molecular complexity index is 583. The maximum Gasteiger partial charge on any atom is 0.211 e. The molecule has 1 aromatic rings. The number of sulfonamides is 1. The van der Waals surface area contributed by atoms with Crippen LogP contribution in [0, 0.1) is 5.41 Å². The van der Waals surface area contributed by atoms with Crippen molar-refractivity contribution in [3.63, 3.8) is 0 Å². The van der Waals surface area contributed by atoms with Crippen molar-refractivity contribution >= 4 is 10.0 Å². The Morgan fingerprint density at radius 3 is 2.57 bits per heavy atom. The Hall–Kier alpha value is -1.05. The number of piperidine rings is 1. The van der Waals surface area contributed by atoms with Crippen LogP contribution in [0.15, 0.2) is 18.7 Å². The van der Waals surface area contributed by atoms with Gasteiger partial charge in [0.25, 0.3) is 0 Å². The van der Waals surface area contributed by atoms with Gasteiger partial charge in [-0.05, 0) is 24.8 Å². The van der Waals surface area contributed by atoms with Gasteiger partial charge in [-0.2, -0.15) is 0 Å². The van der Waals surface area contributed by atoms with Crippen LogP contribution in [-0.2, 0) is 21.2 Å². The van der Waals surface area contributed by atoms with Gasteiger partial charge in [-0.3, -0.25) is 0 Å². The SMILES string of the molecule is CS(=O)(=O)N1CCC2(CCOC2Cc2cncnc2)CC1. The molecule has 0 aliphatic carbocycles. The molecule has 0 aromatic carbocycles. The largest absolute Gasteiger partial charge is 0.377 e. The molecule has 0 radical (unpaired) electrons. The number of hydrogen-bond donors (Lipinski definition) is 0. The zero-order valence-corrected chi connectivity index (χ0v) is 13.1. The van der Waals surface area contributed by atoms with E-state index in [2.05, 4.69) is 9.97 Å². The summed E-state index contributed by atoms with van der Waals surface area (Å²) in [4.78, 5) is 8.10. The molecular formula is C14H21N3O3S.